The van der Waals surface area contributed by atoms with Crippen molar-refractivity contribution in [1.82, 2.24) is 9.55 Å². The number of anilines is 1. The molecule has 1 N–H and O–H groups in total. The van der Waals surface area contributed by atoms with E-state index in [1.165, 1.54) is 12.8 Å². The second kappa shape index (κ2) is 4.37. The number of aromatic nitrogens is 2. The summed E-state index contributed by atoms with van der Waals surface area (Å²) in [6.45, 7) is 2.01. The molecule has 3 rings (SSSR count). The lowest BCUT2D eigenvalue weighted by atomic mass is 10.3. The van der Waals surface area contributed by atoms with Crippen molar-refractivity contribution < 1.29 is 4.74 Å². The van der Waals surface area contributed by atoms with Crippen LogP contribution < -0.4 is 10.1 Å². The highest BCUT2D eigenvalue weighted by Crippen LogP contribution is 2.27. The van der Waals surface area contributed by atoms with Gasteiger partial charge in [0, 0.05) is 18.3 Å². The zero-order chi connectivity index (χ0) is 12.5. The monoisotopic (exact) mass is 243 g/mol. The van der Waals surface area contributed by atoms with Crippen molar-refractivity contribution in [2.75, 3.05) is 12.4 Å². The first kappa shape index (κ1) is 11.1. The molecule has 0 unspecified atom stereocenters. The van der Waals surface area contributed by atoms with Crippen LogP contribution >= 0.6 is 0 Å². The van der Waals surface area contributed by atoms with E-state index in [-0.39, 0.29) is 0 Å². The van der Waals surface area contributed by atoms with E-state index in [0.29, 0.717) is 6.04 Å². The lowest BCUT2D eigenvalue weighted by Crippen LogP contribution is -2.07. The van der Waals surface area contributed by atoms with Crippen molar-refractivity contribution in [1.29, 1.82) is 0 Å². The quantitative estimate of drug-likeness (QED) is 0.897. The lowest BCUT2D eigenvalue weighted by molar-refractivity contribution is 0.414. The fourth-order valence-corrected chi connectivity index (χ4v) is 1.97. The van der Waals surface area contributed by atoms with Gasteiger partial charge in [-0.15, -0.1) is 0 Å². The molecule has 4 nitrogen and oxygen atoms in total. The Labute approximate surface area is 107 Å². The van der Waals surface area contributed by atoms with Gasteiger partial charge < -0.3 is 10.1 Å². The lowest BCUT2D eigenvalue weighted by Gasteiger charge is -2.10. The first-order valence-electron chi connectivity index (χ1n) is 6.23. The molecule has 0 saturated heterocycles. The Balaban J connectivity index is 1.98. The summed E-state index contributed by atoms with van der Waals surface area (Å²) in [5, 5.41) is 3.45. The number of rotatable bonds is 4. The molecular weight excluding hydrogens is 226 g/mol. The van der Waals surface area contributed by atoms with E-state index in [9.17, 15) is 0 Å². The van der Waals surface area contributed by atoms with E-state index in [1.807, 2.05) is 31.3 Å². The van der Waals surface area contributed by atoms with Crippen LogP contribution in [0.25, 0.3) is 5.69 Å². The Morgan fingerprint density at radius 2 is 2.22 bits per heavy atom. The Hall–Kier alpha value is -1.97. The molecule has 94 valence electrons. The summed E-state index contributed by atoms with van der Waals surface area (Å²) in [4.78, 5) is 4.53. The number of nitrogens with zero attached hydrogens (tertiary/aromatic N) is 2. The molecule has 0 atom stereocenters. The summed E-state index contributed by atoms with van der Waals surface area (Å²) in [5.41, 5.74) is 2.08. The maximum absolute atomic E-state index is 5.26. The molecule has 0 spiro atoms. The van der Waals surface area contributed by atoms with Crippen LogP contribution in [0.15, 0.2) is 30.5 Å². The van der Waals surface area contributed by atoms with Gasteiger partial charge in [-0.2, -0.15) is 0 Å². The summed E-state index contributed by atoms with van der Waals surface area (Å²) in [6.07, 6.45) is 4.52. The van der Waals surface area contributed by atoms with Crippen LogP contribution in [0.3, 0.4) is 0 Å². The van der Waals surface area contributed by atoms with E-state index < -0.39 is 0 Å². The van der Waals surface area contributed by atoms with E-state index in [1.54, 1.807) is 7.11 Å². The summed E-state index contributed by atoms with van der Waals surface area (Å²) in [7, 11) is 1.68. The van der Waals surface area contributed by atoms with Crippen LogP contribution in [-0.4, -0.2) is 22.7 Å². The highest BCUT2D eigenvalue weighted by atomic mass is 16.5. The molecule has 18 heavy (non-hydrogen) atoms. The number of ether oxygens (including phenoxy) is 1. The largest absolute Gasteiger partial charge is 0.497 e. The van der Waals surface area contributed by atoms with Gasteiger partial charge in [-0.3, -0.25) is 4.57 Å². The number of hydrogen-bond donors (Lipinski definition) is 1. The molecule has 0 aliphatic heterocycles. The van der Waals surface area contributed by atoms with E-state index >= 15 is 0 Å². The summed E-state index contributed by atoms with van der Waals surface area (Å²) < 4.78 is 7.34. The third-order valence-corrected chi connectivity index (χ3v) is 3.07. The average Bonchev–Trinajstić information content (AvgIpc) is 3.12. The van der Waals surface area contributed by atoms with Gasteiger partial charge in [0.1, 0.15) is 5.75 Å². The number of hydrogen-bond acceptors (Lipinski definition) is 3. The van der Waals surface area contributed by atoms with Crippen LogP contribution in [-0.2, 0) is 0 Å². The van der Waals surface area contributed by atoms with Crippen molar-refractivity contribution in [3.8, 4) is 11.4 Å². The molecule has 1 aliphatic carbocycles. The van der Waals surface area contributed by atoms with Crippen LogP contribution in [0, 0.1) is 6.92 Å². The number of methoxy groups -OCH3 is 1. The number of benzene rings is 1. The minimum absolute atomic E-state index is 0.594. The van der Waals surface area contributed by atoms with Gasteiger partial charge in [0.25, 0.3) is 0 Å². The predicted octanol–water partition coefficient (Wildman–Crippen LogP) is 2.76. The van der Waals surface area contributed by atoms with Gasteiger partial charge in [-0.1, -0.05) is 6.07 Å². The molecule has 1 aliphatic rings. The predicted molar refractivity (Wildman–Crippen MR) is 71.5 cm³/mol. The zero-order valence-corrected chi connectivity index (χ0v) is 10.7. The Kier molecular flexibility index (Phi) is 2.70. The van der Waals surface area contributed by atoms with Crippen molar-refractivity contribution in [2.24, 2.45) is 0 Å². The molecule has 2 aromatic rings. The van der Waals surface area contributed by atoms with Crippen molar-refractivity contribution in [2.45, 2.75) is 25.8 Å². The normalized spacial score (nSPS) is 14.6. The number of nitrogens with one attached hydrogen (secondary N) is 1. The summed E-state index contributed by atoms with van der Waals surface area (Å²) >= 11 is 0. The van der Waals surface area contributed by atoms with E-state index in [4.69, 9.17) is 4.74 Å². The molecule has 0 bridgehead atoms. The molecule has 1 fully saturated rings. The van der Waals surface area contributed by atoms with Crippen molar-refractivity contribution >= 4 is 5.95 Å². The highest BCUT2D eigenvalue weighted by Gasteiger charge is 2.23. The topological polar surface area (TPSA) is 39.1 Å². The number of aryl methyl sites for hydroxylation is 1. The number of imidazole rings is 1. The van der Waals surface area contributed by atoms with Gasteiger partial charge in [-0.05, 0) is 31.9 Å². The van der Waals surface area contributed by atoms with E-state index in [2.05, 4.69) is 20.9 Å². The van der Waals surface area contributed by atoms with Gasteiger partial charge in [0.2, 0.25) is 5.95 Å². The summed E-state index contributed by atoms with van der Waals surface area (Å²) in [5.74, 6) is 1.78. The maximum atomic E-state index is 5.26. The first-order chi connectivity index (χ1) is 8.76. The average molecular weight is 243 g/mol. The first-order valence-corrected chi connectivity index (χ1v) is 6.23. The maximum Gasteiger partial charge on any atom is 0.207 e. The van der Waals surface area contributed by atoms with Gasteiger partial charge in [0.05, 0.1) is 18.5 Å². The fourth-order valence-electron chi connectivity index (χ4n) is 1.97. The SMILES string of the molecule is COc1cccc(-n2cc(C)nc2NC2CC2)c1. The molecule has 1 aromatic carbocycles. The van der Waals surface area contributed by atoms with Crippen LogP contribution in [0.1, 0.15) is 18.5 Å². The third-order valence-electron chi connectivity index (χ3n) is 3.07. The Morgan fingerprint density at radius 3 is 2.94 bits per heavy atom. The third kappa shape index (κ3) is 2.18. The molecule has 1 saturated carbocycles. The highest BCUT2D eigenvalue weighted by molar-refractivity contribution is 5.47. The van der Waals surface area contributed by atoms with Gasteiger partial charge in [0.15, 0.2) is 0 Å². The molecule has 0 amide bonds. The van der Waals surface area contributed by atoms with Crippen LogP contribution in [0.2, 0.25) is 0 Å². The molecule has 1 heterocycles. The smallest absolute Gasteiger partial charge is 0.207 e. The Morgan fingerprint density at radius 1 is 1.39 bits per heavy atom. The van der Waals surface area contributed by atoms with Crippen LogP contribution in [0.5, 0.6) is 5.75 Å². The van der Waals surface area contributed by atoms with Crippen molar-refractivity contribution in [3.05, 3.63) is 36.2 Å². The fraction of sp³-hybridized carbons (Fsp3) is 0.357. The standard InChI is InChI=1S/C14H17N3O/c1-10-9-17(14(15-10)16-11-6-7-11)12-4-3-5-13(8-12)18-2/h3-5,8-9,11H,6-7H2,1-2H3,(H,15,16). The van der Waals surface area contributed by atoms with E-state index in [0.717, 1.165) is 23.1 Å². The second-order valence-electron chi connectivity index (χ2n) is 4.70. The van der Waals surface area contributed by atoms with Gasteiger partial charge >= 0.3 is 0 Å². The Bertz CT molecular complexity index is 558. The second-order valence-corrected chi connectivity index (χ2v) is 4.70. The van der Waals surface area contributed by atoms with Crippen LogP contribution in [0.4, 0.5) is 5.95 Å². The molecule has 4 heteroatoms. The molecule has 0 radical (unpaired) electrons. The minimum Gasteiger partial charge on any atom is -0.497 e. The molecular formula is C14H17N3O. The summed E-state index contributed by atoms with van der Waals surface area (Å²) in [6, 6.07) is 8.60. The minimum atomic E-state index is 0.594. The molecule has 1 aromatic heterocycles. The van der Waals surface area contributed by atoms with Gasteiger partial charge in [-0.25, -0.2) is 4.98 Å². The van der Waals surface area contributed by atoms with Crippen molar-refractivity contribution in [3.63, 3.8) is 0 Å². The zero-order valence-electron chi connectivity index (χ0n) is 10.7.